The third kappa shape index (κ3) is 1.83. The largest absolute Gasteiger partial charge is 0.379 e. The summed E-state index contributed by atoms with van der Waals surface area (Å²) in [4.78, 5) is 11.8. The number of nitrogens with one attached hydrogen (secondary N) is 2. The first kappa shape index (κ1) is 10.4. The highest BCUT2D eigenvalue weighted by molar-refractivity contribution is 6.30. The maximum absolute atomic E-state index is 11.8. The number of allylic oxidation sites excluding steroid dienone is 3. The monoisotopic (exact) mass is 246 g/mol. The van der Waals surface area contributed by atoms with Crippen molar-refractivity contribution in [3.63, 3.8) is 0 Å². The van der Waals surface area contributed by atoms with Gasteiger partial charge in [-0.05, 0) is 23.8 Å². The third-order valence-electron chi connectivity index (χ3n) is 2.94. The van der Waals surface area contributed by atoms with Crippen LogP contribution < -0.4 is 10.6 Å². The van der Waals surface area contributed by atoms with Gasteiger partial charge in [0.15, 0.2) is 5.78 Å². The summed E-state index contributed by atoms with van der Waals surface area (Å²) in [7, 11) is 0. The Morgan fingerprint density at radius 2 is 2.18 bits per heavy atom. The Kier molecular flexibility index (Phi) is 2.41. The minimum absolute atomic E-state index is 0.0998. The smallest absolute Gasteiger partial charge is 0.184 e. The molecule has 3 nitrogen and oxygen atoms in total. The highest BCUT2D eigenvalue weighted by Crippen LogP contribution is 2.27. The normalized spacial score (nSPS) is 17.8. The molecule has 4 heteroatoms. The fourth-order valence-electron chi connectivity index (χ4n) is 2.05. The van der Waals surface area contributed by atoms with E-state index in [1.807, 2.05) is 30.4 Å². The van der Waals surface area contributed by atoms with Crippen molar-refractivity contribution in [3.05, 3.63) is 52.3 Å². The van der Waals surface area contributed by atoms with Crippen molar-refractivity contribution < 1.29 is 4.79 Å². The lowest BCUT2D eigenvalue weighted by Gasteiger charge is -2.14. The molecular formula is C13H11ClN2O. The molecule has 1 aliphatic heterocycles. The first-order valence-corrected chi connectivity index (χ1v) is 5.85. The van der Waals surface area contributed by atoms with E-state index in [9.17, 15) is 4.79 Å². The van der Waals surface area contributed by atoms with Crippen molar-refractivity contribution in [2.75, 3.05) is 5.32 Å². The topological polar surface area (TPSA) is 41.1 Å². The number of carbonyl (C=O) groups excluding carboxylic acids is 1. The summed E-state index contributed by atoms with van der Waals surface area (Å²) >= 11 is 5.97. The number of ketones is 1. The van der Waals surface area contributed by atoms with Crippen molar-refractivity contribution in [3.8, 4) is 0 Å². The number of hydrogen-bond donors (Lipinski definition) is 2. The Balaban J connectivity index is 2.06. The fourth-order valence-corrected chi connectivity index (χ4v) is 2.22. The molecule has 0 fully saturated rings. The quantitative estimate of drug-likeness (QED) is 0.739. The Morgan fingerprint density at radius 3 is 3.06 bits per heavy atom. The van der Waals surface area contributed by atoms with E-state index in [2.05, 4.69) is 10.6 Å². The fraction of sp³-hybridized carbons (Fsp3) is 0.154. The van der Waals surface area contributed by atoms with Gasteiger partial charge in [0.2, 0.25) is 0 Å². The molecule has 0 bridgehead atoms. The number of rotatable bonds is 0. The maximum atomic E-state index is 11.8. The second kappa shape index (κ2) is 3.93. The van der Waals surface area contributed by atoms with E-state index in [0.29, 0.717) is 23.7 Å². The average Bonchev–Trinajstić information content (AvgIpc) is 2.49. The van der Waals surface area contributed by atoms with Gasteiger partial charge < -0.3 is 10.6 Å². The van der Waals surface area contributed by atoms with E-state index in [1.54, 1.807) is 0 Å². The highest BCUT2D eigenvalue weighted by Gasteiger charge is 2.21. The minimum Gasteiger partial charge on any atom is -0.379 e. The average molecular weight is 247 g/mol. The molecule has 0 atom stereocenters. The molecule has 1 aliphatic carbocycles. The standard InChI is InChI=1S/C13H11ClN2O/c14-9-5-4-8-7-15-10-2-1-3-12(17)13(10)16-11(8)6-9/h1-2,4-6,15-16H,3,7H2. The lowest BCUT2D eigenvalue weighted by molar-refractivity contribution is -0.114. The maximum Gasteiger partial charge on any atom is 0.184 e. The summed E-state index contributed by atoms with van der Waals surface area (Å²) in [6.07, 6.45) is 4.26. The zero-order valence-corrected chi connectivity index (χ0v) is 9.84. The third-order valence-corrected chi connectivity index (χ3v) is 3.17. The van der Waals surface area contributed by atoms with Crippen molar-refractivity contribution in [1.29, 1.82) is 0 Å². The van der Waals surface area contributed by atoms with Crippen LogP contribution in [0.5, 0.6) is 0 Å². The summed E-state index contributed by atoms with van der Waals surface area (Å²) in [5.74, 6) is 0.0998. The van der Waals surface area contributed by atoms with E-state index in [4.69, 9.17) is 11.6 Å². The zero-order valence-electron chi connectivity index (χ0n) is 9.09. The van der Waals surface area contributed by atoms with E-state index in [-0.39, 0.29) is 5.78 Å². The number of fused-ring (bicyclic) bond motifs is 1. The lowest BCUT2D eigenvalue weighted by Crippen LogP contribution is -2.20. The van der Waals surface area contributed by atoms with Crippen LogP contribution in [0.25, 0.3) is 0 Å². The summed E-state index contributed by atoms with van der Waals surface area (Å²) in [5, 5.41) is 7.11. The Labute approximate surface area is 104 Å². The van der Waals surface area contributed by atoms with Gasteiger partial charge in [0.05, 0.1) is 5.70 Å². The first-order chi connectivity index (χ1) is 8.24. The van der Waals surface area contributed by atoms with Crippen LogP contribution in [-0.4, -0.2) is 5.78 Å². The summed E-state index contributed by atoms with van der Waals surface area (Å²) in [5.41, 5.74) is 3.49. The summed E-state index contributed by atoms with van der Waals surface area (Å²) in [6, 6.07) is 5.66. The van der Waals surface area contributed by atoms with E-state index in [1.165, 1.54) is 0 Å². The molecule has 2 N–H and O–H groups in total. The molecule has 0 amide bonds. The number of hydrogen-bond acceptors (Lipinski definition) is 3. The predicted molar refractivity (Wildman–Crippen MR) is 67.7 cm³/mol. The summed E-state index contributed by atoms with van der Waals surface area (Å²) in [6.45, 7) is 0.690. The molecule has 1 aromatic rings. The molecule has 0 saturated carbocycles. The highest BCUT2D eigenvalue weighted by atomic mass is 35.5. The van der Waals surface area contributed by atoms with Crippen LogP contribution in [0.4, 0.5) is 5.69 Å². The van der Waals surface area contributed by atoms with Crippen LogP contribution in [0.1, 0.15) is 12.0 Å². The Morgan fingerprint density at radius 1 is 1.29 bits per heavy atom. The second-order valence-corrected chi connectivity index (χ2v) is 4.53. The van der Waals surface area contributed by atoms with Crippen LogP contribution in [0.2, 0.25) is 5.02 Å². The molecular weight excluding hydrogens is 236 g/mol. The van der Waals surface area contributed by atoms with Gasteiger partial charge in [-0.2, -0.15) is 0 Å². The molecule has 2 aliphatic rings. The van der Waals surface area contributed by atoms with Gasteiger partial charge in [-0.15, -0.1) is 0 Å². The van der Waals surface area contributed by atoms with Gasteiger partial charge in [-0.1, -0.05) is 23.7 Å². The molecule has 1 aromatic carbocycles. The predicted octanol–water partition coefficient (Wildman–Crippen LogP) is 2.60. The van der Waals surface area contributed by atoms with Gasteiger partial charge in [0.1, 0.15) is 5.70 Å². The molecule has 86 valence electrons. The van der Waals surface area contributed by atoms with Gasteiger partial charge in [-0.25, -0.2) is 0 Å². The van der Waals surface area contributed by atoms with E-state index in [0.717, 1.165) is 16.9 Å². The number of halogens is 1. The molecule has 0 saturated heterocycles. The van der Waals surface area contributed by atoms with Crippen molar-refractivity contribution in [2.45, 2.75) is 13.0 Å². The summed E-state index contributed by atoms with van der Waals surface area (Å²) < 4.78 is 0. The van der Waals surface area contributed by atoms with Crippen molar-refractivity contribution in [1.82, 2.24) is 5.32 Å². The molecule has 0 aromatic heterocycles. The van der Waals surface area contributed by atoms with E-state index >= 15 is 0 Å². The SMILES string of the molecule is O=C1CC=CC2=C1Nc1cc(Cl)ccc1CN2. The van der Waals surface area contributed by atoms with Crippen LogP contribution in [0.3, 0.4) is 0 Å². The Bertz CT molecular complexity index is 561. The van der Waals surface area contributed by atoms with Crippen LogP contribution in [0, 0.1) is 0 Å². The lowest BCUT2D eigenvalue weighted by atomic mass is 10.1. The zero-order chi connectivity index (χ0) is 11.8. The molecule has 0 radical (unpaired) electrons. The molecule has 0 spiro atoms. The van der Waals surface area contributed by atoms with Crippen molar-refractivity contribution in [2.24, 2.45) is 0 Å². The number of anilines is 1. The van der Waals surface area contributed by atoms with E-state index < -0.39 is 0 Å². The van der Waals surface area contributed by atoms with Gasteiger partial charge in [-0.3, -0.25) is 4.79 Å². The molecule has 0 unspecified atom stereocenters. The molecule has 17 heavy (non-hydrogen) atoms. The Hall–Kier alpha value is -1.74. The number of carbonyl (C=O) groups is 1. The van der Waals surface area contributed by atoms with Gasteiger partial charge in [0.25, 0.3) is 0 Å². The van der Waals surface area contributed by atoms with Crippen molar-refractivity contribution >= 4 is 23.1 Å². The van der Waals surface area contributed by atoms with Gasteiger partial charge >= 0.3 is 0 Å². The number of benzene rings is 1. The van der Waals surface area contributed by atoms with Gasteiger partial charge in [0, 0.05) is 23.7 Å². The van der Waals surface area contributed by atoms with Crippen LogP contribution >= 0.6 is 11.6 Å². The molecule has 3 rings (SSSR count). The number of Topliss-reactive ketones (excluding diaryl/α,β-unsaturated/α-hetero) is 1. The van der Waals surface area contributed by atoms with Crippen LogP contribution in [0.15, 0.2) is 41.7 Å². The molecule has 1 heterocycles. The van der Waals surface area contributed by atoms with Crippen LogP contribution in [-0.2, 0) is 11.3 Å². The minimum atomic E-state index is 0.0998. The first-order valence-electron chi connectivity index (χ1n) is 5.47. The second-order valence-electron chi connectivity index (χ2n) is 4.10.